The number of hydrogen-bond donors (Lipinski definition) is 1. The van der Waals surface area contributed by atoms with Gasteiger partial charge in [0.1, 0.15) is 5.75 Å². The monoisotopic (exact) mass is 313 g/mol. The molecule has 85 valence electrons. The van der Waals surface area contributed by atoms with Gasteiger partial charge in [0.2, 0.25) is 0 Å². The summed E-state index contributed by atoms with van der Waals surface area (Å²) in [5, 5.41) is 8.66. The smallest absolute Gasteiger partial charge is 0.508 e. The first-order chi connectivity index (χ1) is 5.00. The summed E-state index contributed by atoms with van der Waals surface area (Å²) < 4.78 is 35.5. The molecule has 1 radical (unpaired) electrons. The number of hydrogen-bond acceptors (Lipinski definition) is 1. The minimum atomic E-state index is -4.33. The molecule has 0 amide bonds. The van der Waals surface area contributed by atoms with Gasteiger partial charge in [0.25, 0.3) is 0 Å². The molecule has 0 aromatic heterocycles. The van der Waals surface area contributed by atoms with Crippen LogP contribution in [0.3, 0.4) is 0 Å². The molecule has 1 rings (SSSR count). The van der Waals surface area contributed by atoms with Gasteiger partial charge in [0.15, 0.2) is 0 Å². The first-order valence-electron chi connectivity index (χ1n) is 2.86. The molecule has 0 spiro atoms. The summed E-state index contributed by atoms with van der Waals surface area (Å²) in [5.74, 6) is -0.169. The SMILES string of the molecule is Oc1ccc(C(F)(F)F)cc1.[CH3-].[CH3-].[SiH3].[Zr+2]. The summed E-state index contributed by atoms with van der Waals surface area (Å²) in [6.07, 6.45) is -4.33. The van der Waals surface area contributed by atoms with Gasteiger partial charge in [-0.3, -0.25) is 0 Å². The number of alkyl halides is 3. The van der Waals surface area contributed by atoms with Crippen LogP contribution in [0.25, 0.3) is 0 Å². The van der Waals surface area contributed by atoms with Crippen LogP contribution in [0.2, 0.25) is 0 Å². The van der Waals surface area contributed by atoms with Gasteiger partial charge >= 0.3 is 32.4 Å². The third-order valence-electron chi connectivity index (χ3n) is 1.19. The van der Waals surface area contributed by atoms with E-state index in [9.17, 15) is 13.2 Å². The van der Waals surface area contributed by atoms with Gasteiger partial charge in [-0.15, -0.1) is 0 Å². The Balaban J connectivity index is -0.000000151. The maximum Gasteiger partial charge on any atom is 2.00 e. The fourth-order valence-electron chi connectivity index (χ4n) is 0.650. The number of benzene rings is 1. The minimum Gasteiger partial charge on any atom is -0.508 e. The second kappa shape index (κ2) is 9.16. The van der Waals surface area contributed by atoms with E-state index in [0.717, 1.165) is 24.3 Å². The molecule has 15 heavy (non-hydrogen) atoms. The molecule has 1 aromatic rings. The van der Waals surface area contributed by atoms with Crippen molar-refractivity contribution in [2.24, 2.45) is 0 Å². The largest absolute Gasteiger partial charge is 2.00 e. The molecule has 6 heteroatoms. The van der Waals surface area contributed by atoms with Gasteiger partial charge in [-0.1, -0.05) is 0 Å². The summed E-state index contributed by atoms with van der Waals surface area (Å²) in [6, 6.07) is 3.66. The van der Waals surface area contributed by atoms with Gasteiger partial charge in [-0.05, 0) is 35.2 Å². The first-order valence-corrected chi connectivity index (χ1v) is 2.86. The average molecular weight is 315 g/mol. The Hall–Kier alpha value is -0.0900. The molecule has 0 aliphatic heterocycles. The van der Waals surface area contributed by atoms with Crippen LogP contribution in [0, 0.1) is 14.9 Å². The Morgan fingerprint density at radius 2 is 1.27 bits per heavy atom. The van der Waals surface area contributed by atoms with Crippen molar-refractivity contribution < 1.29 is 44.5 Å². The fraction of sp³-hybridized carbons (Fsp3) is 0.111. The number of rotatable bonds is 0. The van der Waals surface area contributed by atoms with Crippen molar-refractivity contribution in [2.75, 3.05) is 0 Å². The van der Waals surface area contributed by atoms with Crippen molar-refractivity contribution in [3.8, 4) is 5.75 Å². The van der Waals surface area contributed by atoms with Crippen LogP contribution in [0.4, 0.5) is 13.2 Å². The van der Waals surface area contributed by atoms with Crippen molar-refractivity contribution in [2.45, 2.75) is 6.18 Å². The van der Waals surface area contributed by atoms with E-state index in [1.807, 2.05) is 0 Å². The van der Waals surface area contributed by atoms with Gasteiger partial charge < -0.3 is 20.0 Å². The minimum absolute atomic E-state index is 0. The molecule has 0 aliphatic carbocycles. The molecular formula is C9H14F3OSiZr. The molecule has 1 nitrogen and oxygen atoms in total. The van der Waals surface area contributed by atoms with Crippen LogP contribution in [0.15, 0.2) is 24.3 Å². The molecule has 0 atom stereocenters. The molecule has 1 N–H and O–H groups in total. The number of halogens is 3. The topological polar surface area (TPSA) is 20.2 Å². The third-order valence-corrected chi connectivity index (χ3v) is 1.19. The normalized spacial score (nSPS) is 8.47. The van der Waals surface area contributed by atoms with Crippen molar-refractivity contribution in [3.05, 3.63) is 44.7 Å². The molecule has 0 saturated carbocycles. The van der Waals surface area contributed by atoms with Crippen molar-refractivity contribution in [1.29, 1.82) is 0 Å². The molecular weight excluding hydrogens is 300 g/mol. The summed E-state index contributed by atoms with van der Waals surface area (Å²) in [5.41, 5.74) is -0.754. The van der Waals surface area contributed by atoms with Crippen LogP contribution in [-0.4, -0.2) is 16.1 Å². The maximum atomic E-state index is 11.8. The summed E-state index contributed by atoms with van der Waals surface area (Å²) >= 11 is 0. The van der Waals surface area contributed by atoms with Gasteiger partial charge in [-0.25, -0.2) is 0 Å². The number of phenolic OH excluding ortho intramolecular Hbond substituents is 1. The van der Waals surface area contributed by atoms with E-state index in [-0.39, 0.29) is 57.8 Å². The second-order valence-corrected chi connectivity index (χ2v) is 2.04. The van der Waals surface area contributed by atoms with Crippen molar-refractivity contribution in [1.82, 2.24) is 0 Å². The van der Waals surface area contributed by atoms with Crippen molar-refractivity contribution in [3.63, 3.8) is 0 Å². The second-order valence-electron chi connectivity index (χ2n) is 2.04. The van der Waals surface area contributed by atoms with E-state index in [2.05, 4.69) is 0 Å². The fourth-order valence-corrected chi connectivity index (χ4v) is 0.650. The maximum absolute atomic E-state index is 11.8. The van der Waals surface area contributed by atoms with Gasteiger partial charge in [0, 0.05) is 0 Å². The molecule has 0 fully saturated rings. The van der Waals surface area contributed by atoms with Gasteiger partial charge in [-0.2, -0.15) is 13.2 Å². The van der Waals surface area contributed by atoms with E-state index < -0.39 is 11.7 Å². The molecule has 0 heterocycles. The number of aromatic hydroxyl groups is 1. The van der Waals surface area contributed by atoms with E-state index in [1.54, 1.807) is 0 Å². The van der Waals surface area contributed by atoms with Gasteiger partial charge in [0.05, 0.1) is 5.56 Å². The van der Waals surface area contributed by atoms with Crippen LogP contribution in [0.1, 0.15) is 5.56 Å². The molecule has 1 aromatic carbocycles. The zero-order valence-corrected chi connectivity index (χ0v) is 13.3. The first kappa shape index (κ1) is 24.2. The average Bonchev–Trinajstić information content (AvgIpc) is 1.86. The van der Waals surface area contributed by atoms with E-state index in [4.69, 9.17) is 5.11 Å². The van der Waals surface area contributed by atoms with E-state index >= 15 is 0 Å². The zero-order chi connectivity index (χ0) is 8.48. The quantitative estimate of drug-likeness (QED) is 0.574. The van der Waals surface area contributed by atoms with Crippen LogP contribution in [-0.2, 0) is 32.4 Å². The van der Waals surface area contributed by atoms with Crippen LogP contribution in [0.5, 0.6) is 5.75 Å². The zero-order valence-electron chi connectivity index (χ0n) is 8.89. The number of phenols is 1. The third kappa shape index (κ3) is 7.79. The predicted molar refractivity (Wildman–Crippen MR) is 55.9 cm³/mol. The Labute approximate surface area is 112 Å². The Bertz CT molecular complexity index is 249. The Morgan fingerprint density at radius 3 is 1.53 bits per heavy atom. The Kier molecular flexibility index (Phi) is 14.8. The van der Waals surface area contributed by atoms with Crippen LogP contribution < -0.4 is 0 Å². The molecule has 0 bridgehead atoms. The summed E-state index contributed by atoms with van der Waals surface area (Å²) in [4.78, 5) is 0. The summed E-state index contributed by atoms with van der Waals surface area (Å²) in [7, 11) is 0. The summed E-state index contributed by atoms with van der Waals surface area (Å²) in [6.45, 7) is 0. The molecule has 0 unspecified atom stereocenters. The molecule has 0 aliphatic rings. The van der Waals surface area contributed by atoms with Crippen molar-refractivity contribution >= 4 is 11.0 Å². The Morgan fingerprint density at radius 1 is 0.933 bits per heavy atom. The van der Waals surface area contributed by atoms with E-state index in [0.29, 0.717) is 0 Å². The standard InChI is InChI=1S/C7H5F3O.2CH3.H3Si.Zr/c8-7(9,10)5-1-3-6(11)4-2-5;;;;/h1-4,11H;3*1H3;/q;2*-1;;+2. The van der Waals surface area contributed by atoms with Crippen LogP contribution >= 0.6 is 0 Å². The molecule has 0 saturated heterocycles. The predicted octanol–water partition coefficient (Wildman–Crippen LogP) is 2.13. The van der Waals surface area contributed by atoms with E-state index in [1.165, 1.54) is 0 Å².